The Hall–Kier alpha value is -2.10. The van der Waals surface area contributed by atoms with Gasteiger partial charge < -0.3 is 10.2 Å². The van der Waals surface area contributed by atoms with Crippen LogP contribution in [0.1, 0.15) is 29.8 Å². The monoisotopic (exact) mass is 244 g/mol. The molecule has 0 saturated heterocycles. The fourth-order valence-electron chi connectivity index (χ4n) is 2.07. The number of hydrogen-bond donors (Lipinski definition) is 1. The highest BCUT2D eigenvalue weighted by molar-refractivity contribution is 6.04. The zero-order chi connectivity index (χ0) is 13.3. The highest BCUT2D eigenvalue weighted by Gasteiger charge is 2.30. The van der Waals surface area contributed by atoms with E-state index in [1.807, 2.05) is 13.8 Å². The lowest BCUT2D eigenvalue weighted by atomic mass is 10.1. The Morgan fingerprint density at radius 2 is 2.22 bits per heavy atom. The molecular weight excluding hydrogens is 228 g/mol. The van der Waals surface area contributed by atoms with Crippen molar-refractivity contribution in [2.24, 2.45) is 0 Å². The molecule has 1 aliphatic heterocycles. The normalized spacial score (nSPS) is 13.7. The molecule has 1 heterocycles. The van der Waals surface area contributed by atoms with E-state index in [4.69, 9.17) is 0 Å². The summed E-state index contributed by atoms with van der Waals surface area (Å²) in [5, 5.41) is 2.74. The average Bonchev–Trinajstić information content (AvgIpc) is 2.68. The van der Waals surface area contributed by atoms with E-state index in [1.165, 1.54) is 6.08 Å². The van der Waals surface area contributed by atoms with Gasteiger partial charge in [-0.1, -0.05) is 12.6 Å². The molecule has 0 fully saturated rings. The first-order valence-electron chi connectivity index (χ1n) is 5.91. The van der Waals surface area contributed by atoms with Crippen molar-refractivity contribution >= 4 is 17.5 Å². The quantitative estimate of drug-likeness (QED) is 0.828. The second kappa shape index (κ2) is 4.64. The Bertz CT molecular complexity index is 521. The lowest BCUT2D eigenvalue weighted by molar-refractivity contribution is -0.111. The molecular formula is C14H16N2O2. The van der Waals surface area contributed by atoms with E-state index < -0.39 is 0 Å². The predicted molar refractivity (Wildman–Crippen MR) is 70.3 cm³/mol. The molecule has 0 bridgehead atoms. The summed E-state index contributed by atoms with van der Waals surface area (Å²) in [5.41, 5.74) is 2.24. The molecule has 18 heavy (non-hydrogen) atoms. The van der Waals surface area contributed by atoms with E-state index in [0.29, 0.717) is 17.8 Å². The van der Waals surface area contributed by atoms with Crippen LogP contribution in [0.4, 0.5) is 5.69 Å². The van der Waals surface area contributed by atoms with Crippen molar-refractivity contribution in [1.29, 1.82) is 0 Å². The topological polar surface area (TPSA) is 49.4 Å². The lowest BCUT2D eigenvalue weighted by Gasteiger charge is -2.20. The minimum absolute atomic E-state index is 0.0229. The Balaban J connectivity index is 2.37. The molecule has 0 radical (unpaired) electrons. The van der Waals surface area contributed by atoms with Crippen molar-refractivity contribution in [1.82, 2.24) is 4.90 Å². The van der Waals surface area contributed by atoms with Crippen LogP contribution in [0.3, 0.4) is 0 Å². The number of carbonyl (C=O) groups excluding carboxylic acids is 2. The molecule has 2 amide bonds. The van der Waals surface area contributed by atoms with Crippen LogP contribution < -0.4 is 5.32 Å². The van der Waals surface area contributed by atoms with Gasteiger partial charge in [-0.15, -0.1) is 0 Å². The zero-order valence-corrected chi connectivity index (χ0v) is 10.6. The van der Waals surface area contributed by atoms with Crippen molar-refractivity contribution in [3.8, 4) is 0 Å². The number of rotatable bonds is 3. The molecule has 1 aromatic carbocycles. The number of nitrogens with one attached hydrogen (secondary N) is 1. The summed E-state index contributed by atoms with van der Waals surface area (Å²) in [6.45, 7) is 7.92. The molecule has 2 rings (SSSR count). The zero-order valence-electron chi connectivity index (χ0n) is 10.6. The summed E-state index contributed by atoms with van der Waals surface area (Å²) >= 11 is 0. The van der Waals surface area contributed by atoms with Crippen LogP contribution in [0.25, 0.3) is 0 Å². The van der Waals surface area contributed by atoms with Gasteiger partial charge in [0, 0.05) is 29.4 Å². The summed E-state index contributed by atoms with van der Waals surface area (Å²) in [7, 11) is 0. The van der Waals surface area contributed by atoms with Crippen molar-refractivity contribution in [3.05, 3.63) is 42.0 Å². The largest absolute Gasteiger partial charge is 0.332 e. The Morgan fingerprint density at radius 1 is 1.50 bits per heavy atom. The van der Waals surface area contributed by atoms with Gasteiger partial charge in [-0.05, 0) is 32.1 Å². The van der Waals surface area contributed by atoms with Gasteiger partial charge in [-0.25, -0.2) is 0 Å². The van der Waals surface area contributed by atoms with Gasteiger partial charge >= 0.3 is 0 Å². The van der Waals surface area contributed by atoms with E-state index in [9.17, 15) is 9.59 Å². The van der Waals surface area contributed by atoms with Gasteiger partial charge in [0.2, 0.25) is 5.91 Å². The van der Waals surface area contributed by atoms with Crippen molar-refractivity contribution in [3.63, 3.8) is 0 Å². The standard InChI is InChI=1S/C14H16N2O2/c1-4-13(17)15-12-7-5-6-10-11(12)8-16(9(2)3)14(10)18/h4-7,9H,1,8H2,2-3H3,(H,15,17). The average molecular weight is 244 g/mol. The molecule has 0 atom stereocenters. The SMILES string of the molecule is C=CC(=O)Nc1cccc2c1CN(C(C)C)C2=O. The highest BCUT2D eigenvalue weighted by Crippen LogP contribution is 2.30. The highest BCUT2D eigenvalue weighted by atomic mass is 16.2. The fourth-order valence-corrected chi connectivity index (χ4v) is 2.07. The third kappa shape index (κ3) is 2.01. The molecule has 1 aliphatic rings. The van der Waals surface area contributed by atoms with Crippen LogP contribution in [0.15, 0.2) is 30.9 Å². The molecule has 1 N–H and O–H groups in total. The molecule has 0 spiro atoms. The number of amides is 2. The van der Waals surface area contributed by atoms with Gasteiger partial charge in [0.25, 0.3) is 5.91 Å². The molecule has 4 nitrogen and oxygen atoms in total. The molecule has 0 aliphatic carbocycles. The number of anilines is 1. The van der Waals surface area contributed by atoms with E-state index in [2.05, 4.69) is 11.9 Å². The first-order chi connectivity index (χ1) is 8.54. The number of benzene rings is 1. The Kier molecular flexibility index (Phi) is 3.19. The van der Waals surface area contributed by atoms with Crippen LogP contribution in [0.5, 0.6) is 0 Å². The van der Waals surface area contributed by atoms with E-state index in [1.54, 1.807) is 23.1 Å². The van der Waals surface area contributed by atoms with Gasteiger partial charge in [-0.2, -0.15) is 0 Å². The first-order valence-corrected chi connectivity index (χ1v) is 5.91. The fraction of sp³-hybridized carbons (Fsp3) is 0.286. The second-order valence-corrected chi connectivity index (χ2v) is 4.55. The van der Waals surface area contributed by atoms with Gasteiger partial charge in [0.1, 0.15) is 0 Å². The summed E-state index contributed by atoms with van der Waals surface area (Å²) < 4.78 is 0. The lowest BCUT2D eigenvalue weighted by Crippen LogP contribution is -2.30. The Morgan fingerprint density at radius 3 is 2.83 bits per heavy atom. The molecule has 1 aromatic rings. The summed E-state index contributed by atoms with van der Waals surface area (Å²) in [4.78, 5) is 25.3. The van der Waals surface area contributed by atoms with Crippen LogP contribution >= 0.6 is 0 Å². The first kappa shape index (κ1) is 12.4. The number of carbonyl (C=O) groups is 2. The van der Waals surface area contributed by atoms with Crippen molar-refractivity contribution < 1.29 is 9.59 Å². The van der Waals surface area contributed by atoms with E-state index in [-0.39, 0.29) is 17.9 Å². The molecule has 0 unspecified atom stereocenters. The predicted octanol–water partition coefficient (Wildman–Crippen LogP) is 2.18. The number of fused-ring (bicyclic) bond motifs is 1. The van der Waals surface area contributed by atoms with Gasteiger partial charge in [0.15, 0.2) is 0 Å². The third-order valence-electron chi connectivity index (χ3n) is 3.06. The minimum Gasteiger partial charge on any atom is -0.332 e. The summed E-state index contributed by atoms with van der Waals surface area (Å²) in [6.07, 6.45) is 1.22. The van der Waals surface area contributed by atoms with Gasteiger partial charge in [0.05, 0.1) is 0 Å². The number of nitrogens with zero attached hydrogens (tertiary/aromatic N) is 1. The molecule has 94 valence electrons. The summed E-state index contributed by atoms with van der Waals surface area (Å²) in [6, 6.07) is 5.52. The smallest absolute Gasteiger partial charge is 0.254 e. The van der Waals surface area contributed by atoms with Crippen LogP contribution in [0, 0.1) is 0 Å². The van der Waals surface area contributed by atoms with Crippen LogP contribution in [0.2, 0.25) is 0 Å². The maximum atomic E-state index is 12.1. The van der Waals surface area contributed by atoms with Crippen molar-refractivity contribution in [2.45, 2.75) is 26.4 Å². The molecule has 4 heteroatoms. The second-order valence-electron chi connectivity index (χ2n) is 4.55. The molecule has 0 saturated carbocycles. The van der Waals surface area contributed by atoms with E-state index >= 15 is 0 Å². The minimum atomic E-state index is -0.265. The third-order valence-corrected chi connectivity index (χ3v) is 3.06. The van der Waals surface area contributed by atoms with E-state index in [0.717, 1.165) is 5.56 Å². The molecule has 0 aromatic heterocycles. The Labute approximate surface area is 106 Å². The van der Waals surface area contributed by atoms with Crippen molar-refractivity contribution in [2.75, 3.05) is 5.32 Å². The van der Waals surface area contributed by atoms with Crippen LogP contribution in [-0.2, 0) is 11.3 Å². The maximum absolute atomic E-state index is 12.1. The van der Waals surface area contributed by atoms with Crippen LogP contribution in [-0.4, -0.2) is 22.8 Å². The maximum Gasteiger partial charge on any atom is 0.254 e. The number of hydrogen-bond acceptors (Lipinski definition) is 2. The summed E-state index contributed by atoms with van der Waals surface area (Å²) in [5.74, 6) is -0.242. The van der Waals surface area contributed by atoms with Gasteiger partial charge in [-0.3, -0.25) is 9.59 Å².